The zero-order valence-electron chi connectivity index (χ0n) is 10.4. The fourth-order valence-corrected chi connectivity index (χ4v) is 2.25. The molecule has 2 rings (SSSR count). The van der Waals surface area contributed by atoms with Crippen LogP contribution in [0, 0.1) is 5.92 Å². The summed E-state index contributed by atoms with van der Waals surface area (Å²) in [7, 11) is 1.87. The molecule has 17 heavy (non-hydrogen) atoms. The number of aromatic nitrogens is 2. The van der Waals surface area contributed by atoms with Crippen molar-refractivity contribution in [1.82, 2.24) is 20.4 Å². The number of hydrogen-bond acceptors (Lipinski definition) is 3. The molecule has 1 aliphatic rings. The quantitative estimate of drug-likeness (QED) is 0.800. The Morgan fingerprint density at radius 3 is 3.18 bits per heavy atom. The van der Waals surface area contributed by atoms with Gasteiger partial charge in [0.1, 0.15) is 0 Å². The number of rotatable bonds is 3. The molecule has 0 spiro atoms. The molecule has 1 amide bonds. The van der Waals surface area contributed by atoms with Gasteiger partial charge in [-0.2, -0.15) is 5.10 Å². The normalized spacial score (nSPS) is 24.6. The summed E-state index contributed by atoms with van der Waals surface area (Å²) in [5.74, 6) is 0.496. The molecule has 1 aromatic rings. The number of carbonyl (C=O) groups excluding carboxylic acids is 1. The Balaban J connectivity index is 1.84. The van der Waals surface area contributed by atoms with Crippen LogP contribution in [0.4, 0.5) is 0 Å². The zero-order chi connectivity index (χ0) is 12.3. The minimum absolute atomic E-state index is 0.0486. The molecule has 0 radical (unpaired) electrons. The predicted octanol–water partition coefficient (Wildman–Crippen LogP) is 0.424. The smallest absolute Gasteiger partial charge is 0.237 e. The Kier molecular flexibility index (Phi) is 3.78. The molecule has 94 valence electrons. The summed E-state index contributed by atoms with van der Waals surface area (Å²) in [5, 5.41) is 10.4. The van der Waals surface area contributed by atoms with Gasteiger partial charge in [-0.1, -0.05) is 6.92 Å². The van der Waals surface area contributed by atoms with E-state index in [4.69, 9.17) is 0 Å². The van der Waals surface area contributed by atoms with E-state index in [9.17, 15) is 4.79 Å². The molecule has 1 aromatic heterocycles. The van der Waals surface area contributed by atoms with E-state index >= 15 is 0 Å². The number of piperidine rings is 1. The maximum Gasteiger partial charge on any atom is 0.237 e. The van der Waals surface area contributed by atoms with Crippen LogP contribution in [0.15, 0.2) is 12.3 Å². The molecule has 0 saturated carbocycles. The van der Waals surface area contributed by atoms with Gasteiger partial charge >= 0.3 is 0 Å². The van der Waals surface area contributed by atoms with Gasteiger partial charge in [0.25, 0.3) is 0 Å². The Morgan fingerprint density at radius 2 is 2.53 bits per heavy atom. The van der Waals surface area contributed by atoms with Gasteiger partial charge in [0, 0.05) is 13.2 Å². The molecule has 2 N–H and O–H groups in total. The van der Waals surface area contributed by atoms with E-state index in [1.807, 2.05) is 19.3 Å². The Morgan fingerprint density at radius 1 is 1.71 bits per heavy atom. The van der Waals surface area contributed by atoms with Crippen molar-refractivity contribution in [2.75, 3.05) is 6.54 Å². The third kappa shape index (κ3) is 3.06. The number of hydrogen-bond donors (Lipinski definition) is 2. The molecule has 2 unspecified atom stereocenters. The van der Waals surface area contributed by atoms with Crippen molar-refractivity contribution in [2.45, 2.75) is 32.4 Å². The van der Waals surface area contributed by atoms with Gasteiger partial charge < -0.3 is 10.6 Å². The van der Waals surface area contributed by atoms with Gasteiger partial charge in [-0.15, -0.1) is 0 Å². The van der Waals surface area contributed by atoms with Gasteiger partial charge in [0.15, 0.2) is 0 Å². The van der Waals surface area contributed by atoms with Gasteiger partial charge in [-0.05, 0) is 31.4 Å². The minimum Gasteiger partial charge on any atom is -0.349 e. The molecule has 1 aliphatic heterocycles. The first-order valence-electron chi connectivity index (χ1n) is 6.16. The highest BCUT2D eigenvalue weighted by molar-refractivity contribution is 5.82. The lowest BCUT2D eigenvalue weighted by molar-refractivity contribution is -0.125. The van der Waals surface area contributed by atoms with E-state index in [-0.39, 0.29) is 11.9 Å². The average Bonchev–Trinajstić information content (AvgIpc) is 2.73. The fraction of sp³-hybridized carbons (Fsp3) is 0.667. The topological polar surface area (TPSA) is 59.0 Å². The molecule has 0 bridgehead atoms. The van der Waals surface area contributed by atoms with Crippen LogP contribution in [-0.2, 0) is 18.4 Å². The lowest BCUT2D eigenvalue weighted by Gasteiger charge is -2.28. The SMILES string of the molecule is CC1CCCNC1C(=O)NCc1ccn(C)n1. The highest BCUT2D eigenvalue weighted by atomic mass is 16.2. The first-order chi connectivity index (χ1) is 8.16. The zero-order valence-corrected chi connectivity index (χ0v) is 10.4. The maximum absolute atomic E-state index is 12.0. The van der Waals surface area contributed by atoms with Crippen LogP contribution in [0.25, 0.3) is 0 Å². The van der Waals surface area contributed by atoms with Gasteiger partial charge in [-0.25, -0.2) is 0 Å². The highest BCUT2D eigenvalue weighted by Crippen LogP contribution is 2.15. The first-order valence-corrected chi connectivity index (χ1v) is 6.16. The summed E-state index contributed by atoms with van der Waals surface area (Å²) in [6.07, 6.45) is 4.16. The van der Waals surface area contributed by atoms with E-state index in [0.717, 1.165) is 25.1 Å². The third-order valence-electron chi connectivity index (χ3n) is 3.26. The van der Waals surface area contributed by atoms with Crippen molar-refractivity contribution >= 4 is 5.91 Å². The number of aryl methyl sites for hydroxylation is 1. The summed E-state index contributed by atoms with van der Waals surface area (Å²) in [6, 6.07) is 1.87. The average molecular weight is 236 g/mol. The second-order valence-corrected chi connectivity index (χ2v) is 4.75. The van der Waals surface area contributed by atoms with Crippen molar-refractivity contribution in [3.8, 4) is 0 Å². The fourth-order valence-electron chi connectivity index (χ4n) is 2.25. The standard InChI is InChI=1S/C12H20N4O/c1-9-4-3-6-13-11(9)12(17)14-8-10-5-7-16(2)15-10/h5,7,9,11,13H,3-4,6,8H2,1-2H3,(H,14,17). The molecule has 5 nitrogen and oxygen atoms in total. The van der Waals surface area contributed by atoms with Crippen LogP contribution >= 0.6 is 0 Å². The lowest BCUT2D eigenvalue weighted by Crippen LogP contribution is -2.50. The number of carbonyl (C=O) groups is 1. The monoisotopic (exact) mass is 236 g/mol. The van der Waals surface area contributed by atoms with E-state index in [1.165, 1.54) is 0 Å². The molecule has 0 aliphatic carbocycles. The molecule has 2 atom stereocenters. The van der Waals surface area contributed by atoms with Gasteiger partial charge in [0.2, 0.25) is 5.91 Å². The molecular formula is C12H20N4O. The lowest BCUT2D eigenvalue weighted by atomic mass is 9.92. The molecule has 2 heterocycles. The van der Waals surface area contributed by atoms with Gasteiger partial charge in [-0.3, -0.25) is 9.48 Å². The van der Waals surface area contributed by atoms with Crippen LogP contribution in [0.5, 0.6) is 0 Å². The van der Waals surface area contributed by atoms with Crippen molar-refractivity contribution in [2.24, 2.45) is 13.0 Å². The summed E-state index contributed by atoms with van der Waals surface area (Å²) >= 11 is 0. The second kappa shape index (κ2) is 5.31. The number of nitrogens with zero attached hydrogens (tertiary/aromatic N) is 2. The van der Waals surface area contributed by atoms with E-state index < -0.39 is 0 Å². The second-order valence-electron chi connectivity index (χ2n) is 4.75. The number of nitrogens with one attached hydrogen (secondary N) is 2. The van der Waals surface area contributed by atoms with Gasteiger partial charge in [0.05, 0.1) is 18.3 Å². The highest BCUT2D eigenvalue weighted by Gasteiger charge is 2.26. The van der Waals surface area contributed by atoms with Crippen LogP contribution in [0.1, 0.15) is 25.5 Å². The largest absolute Gasteiger partial charge is 0.349 e. The summed E-state index contributed by atoms with van der Waals surface area (Å²) < 4.78 is 1.74. The Labute approximate surface area is 102 Å². The molecular weight excluding hydrogens is 216 g/mol. The molecule has 0 aromatic carbocycles. The van der Waals surface area contributed by atoms with Crippen LogP contribution in [0.2, 0.25) is 0 Å². The first kappa shape index (κ1) is 12.1. The third-order valence-corrected chi connectivity index (χ3v) is 3.26. The molecule has 1 fully saturated rings. The molecule has 1 saturated heterocycles. The van der Waals surface area contributed by atoms with Crippen molar-refractivity contribution in [1.29, 1.82) is 0 Å². The molecule has 5 heteroatoms. The van der Waals surface area contributed by atoms with Crippen LogP contribution in [-0.4, -0.2) is 28.3 Å². The van der Waals surface area contributed by atoms with E-state index in [0.29, 0.717) is 12.5 Å². The van der Waals surface area contributed by atoms with Crippen LogP contribution in [0.3, 0.4) is 0 Å². The summed E-state index contributed by atoms with van der Waals surface area (Å²) in [4.78, 5) is 12.0. The summed E-state index contributed by atoms with van der Waals surface area (Å²) in [6.45, 7) is 3.56. The summed E-state index contributed by atoms with van der Waals surface area (Å²) in [5.41, 5.74) is 0.893. The Bertz CT molecular complexity index is 388. The maximum atomic E-state index is 12.0. The van der Waals surface area contributed by atoms with Crippen molar-refractivity contribution in [3.05, 3.63) is 18.0 Å². The predicted molar refractivity (Wildman–Crippen MR) is 65.2 cm³/mol. The number of amides is 1. The van der Waals surface area contributed by atoms with Crippen molar-refractivity contribution < 1.29 is 4.79 Å². The van der Waals surface area contributed by atoms with E-state index in [2.05, 4.69) is 22.7 Å². The minimum atomic E-state index is -0.0486. The Hall–Kier alpha value is -1.36. The van der Waals surface area contributed by atoms with Crippen LogP contribution < -0.4 is 10.6 Å². The van der Waals surface area contributed by atoms with E-state index in [1.54, 1.807) is 4.68 Å². The van der Waals surface area contributed by atoms with Crippen molar-refractivity contribution in [3.63, 3.8) is 0 Å².